The van der Waals surface area contributed by atoms with Gasteiger partial charge in [-0.25, -0.2) is 0 Å². The number of rotatable bonds is 5. The third kappa shape index (κ3) is 4.49. The summed E-state index contributed by atoms with van der Waals surface area (Å²) >= 11 is 1.64. The van der Waals surface area contributed by atoms with Gasteiger partial charge in [0.2, 0.25) is 5.91 Å². The zero-order valence-corrected chi connectivity index (χ0v) is 13.2. The van der Waals surface area contributed by atoms with Gasteiger partial charge in [0.15, 0.2) is 0 Å². The fourth-order valence-electron chi connectivity index (χ4n) is 2.45. The molecule has 1 aliphatic rings. The van der Waals surface area contributed by atoms with Gasteiger partial charge in [0, 0.05) is 25.3 Å². The normalized spacial score (nSPS) is 14.8. The largest absolute Gasteiger partial charge is 0.339 e. The Kier molecular flexibility index (Phi) is 6.11. The molecule has 1 fully saturated rings. The van der Waals surface area contributed by atoms with E-state index in [1.807, 2.05) is 23.3 Å². The zero-order chi connectivity index (χ0) is 15.1. The molecule has 0 atom stereocenters. The Balaban J connectivity index is 2.08. The quantitative estimate of drug-likeness (QED) is 0.910. The van der Waals surface area contributed by atoms with Crippen LogP contribution in [0.3, 0.4) is 0 Å². The molecule has 2 amide bonds. The molecule has 4 nitrogen and oxygen atoms in total. The lowest BCUT2D eigenvalue weighted by atomic mass is 10.1. The van der Waals surface area contributed by atoms with Crippen molar-refractivity contribution in [1.29, 1.82) is 0 Å². The molecule has 0 radical (unpaired) electrons. The topological polar surface area (TPSA) is 49.4 Å². The minimum Gasteiger partial charge on any atom is -0.339 e. The van der Waals surface area contributed by atoms with Crippen molar-refractivity contribution < 1.29 is 9.59 Å². The van der Waals surface area contributed by atoms with Crippen LogP contribution in [0.4, 0.5) is 5.69 Å². The summed E-state index contributed by atoms with van der Waals surface area (Å²) in [5.74, 6) is 0.771. The molecular weight excluding hydrogens is 284 g/mol. The smallest absolute Gasteiger partial charge is 0.255 e. The third-order valence-corrected chi connectivity index (χ3v) is 4.22. The first-order chi connectivity index (χ1) is 10.2. The van der Waals surface area contributed by atoms with Crippen LogP contribution < -0.4 is 5.32 Å². The minimum absolute atomic E-state index is 0.0236. The maximum absolute atomic E-state index is 12.6. The number of carbonyl (C=O) groups excluding carboxylic acids is 2. The van der Waals surface area contributed by atoms with E-state index in [2.05, 4.69) is 5.32 Å². The molecule has 0 bridgehead atoms. The van der Waals surface area contributed by atoms with E-state index in [0.717, 1.165) is 31.7 Å². The summed E-state index contributed by atoms with van der Waals surface area (Å²) < 4.78 is 0. The van der Waals surface area contributed by atoms with Gasteiger partial charge in [-0.05, 0) is 37.7 Å². The Labute approximate surface area is 130 Å². The number of likely N-dealkylation sites (tertiary alicyclic amines) is 1. The highest BCUT2D eigenvalue weighted by atomic mass is 32.2. The number of piperidine rings is 1. The van der Waals surface area contributed by atoms with Gasteiger partial charge in [-0.2, -0.15) is 11.8 Å². The molecule has 1 aromatic carbocycles. The highest BCUT2D eigenvalue weighted by Crippen LogP contribution is 2.20. The van der Waals surface area contributed by atoms with E-state index in [1.165, 1.54) is 6.42 Å². The molecule has 21 heavy (non-hydrogen) atoms. The van der Waals surface area contributed by atoms with Gasteiger partial charge in [0.25, 0.3) is 5.91 Å². The maximum Gasteiger partial charge on any atom is 0.255 e. The standard InChI is InChI=1S/C16H22N2O2S/c1-21-12-9-15(19)17-14-8-4-3-7-13(14)16(20)18-10-5-2-6-11-18/h3-4,7-8H,2,5-6,9-12H2,1H3,(H,17,19). The van der Waals surface area contributed by atoms with Crippen molar-refractivity contribution in [3.63, 3.8) is 0 Å². The molecule has 114 valence electrons. The SMILES string of the molecule is CSCCC(=O)Nc1ccccc1C(=O)N1CCCCC1. The van der Waals surface area contributed by atoms with Crippen LogP contribution in [0, 0.1) is 0 Å². The van der Waals surface area contributed by atoms with Crippen LogP contribution in [-0.4, -0.2) is 41.8 Å². The van der Waals surface area contributed by atoms with Crippen molar-refractivity contribution >= 4 is 29.3 Å². The fraction of sp³-hybridized carbons (Fsp3) is 0.500. The average Bonchev–Trinajstić information content (AvgIpc) is 2.53. The van der Waals surface area contributed by atoms with Crippen LogP contribution in [0.15, 0.2) is 24.3 Å². The van der Waals surface area contributed by atoms with E-state index in [9.17, 15) is 9.59 Å². The number of benzene rings is 1. The fourth-order valence-corrected chi connectivity index (χ4v) is 2.84. The second-order valence-corrected chi connectivity index (χ2v) is 6.18. The predicted molar refractivity (Wildman–Crippen MR) is 87.8 cm³/mol. The Morgan fingerprint density at radius 1 is 1.19 bits per heavy atom. The monoisotopic (exact) mass is 306 g/mol. The molecule has 1 aromatic rings. The van der Waals surface area contributed by atoms with Crippen molar-refractivity contribution in [2.75, 3.05) is 30.4 Å². The van der Waals surface area contributed by atoms with Crippen LogP contribution in [0.25, 0.3) is 0 Å². The second-order valence-electron chi connectivity index (χ2n) is 5.19. The molecular formula is C16H22N2O2S. The zero-order valence-electron chi connectivity index (χ0n) is 12.4. The van der Waals surface area contributed by atoms with Crippen molar-refractivity contribution in [3.8, 4) is 0 Å². The van der Waals surface area contributed by atoms with Gasteiger partial charge in [-0.3, -0.25) is 9.59 Å². The van der Waals surface area contributed by atoms with Crippen molar-refractivity contribution in [2.45, 2.75) is 25.7 Å². The van der Waals surface area contributed by atoms with E-state index in [-0.39, 0.29) is 11.8 Å². The van der Waals surface area contributed by atoms with Crippen LogP contribution >= 0.6 is 11.8 Å². The van der Waals surface area contributed by atoms with Crippen LogP contribution in [0.1, 0.15) is 36.0 Å². The van der Waals surface area contributed by atoms with Gasteiger partial charge in [0.1, 0.15) is 0 Å². The van der Waals surface area contributed by atoms with Crippen molar-refractivity contribution in [2.24, 2.45) is 0 Å². The average molecular weight is 306 g/mol. The highest BCUT2D eigenvalue weighted by molar-refractivity contribution is 7.98. The van der Waals surface area contributed by atoms with Gasteiger partial charge in [-0.15, -0.1) is 0 Å². The maximum atomic E-state index is 12.6. The second kappa shape index (κ2) is 8.08. The molecule has 5 heteroatoms. The first kappa shape index (κ1) is 15.9. The van der Waals surface area contributed by atoms with Crippen LogP contribution in [-0.2, 0) is 4.79 Å². The van der Waals surface area contributed by atoms with Crippen molar-refractivity contribution in [1.82, 2.24) is 4.90 Å². The Morgan fingerprint density at radius 3 is 2.62 bits per heavy atom. The number of hydrogen-bond donors (Lipinski definition) is 1. The Morgan fingerprint density at radius 2 is 1.90 bits per heavy atom. The van der Waals surface area contributed by atoms with Crippen LogP contribution in [0.2, 0.25) is 0 Å². The molecule has 1 heterocycles. The summed E-state index contributed by atoms with van der Waals surface area (Å²) in [6, 6.07) is 7.28. The summed E-state index contributed by atoms with van der Waals surface area (Å²) in [7, 11) is 0. The van der Waals surface area contributed by atoms with Gasteiger partial charge >= 0.3 is 0 Å². The van der Waals surface area contributed by atoms with Gasteiger partial charge in [0.05, 0.1) is 11.3 Å². The van der Waals surface area contributed by atoms with E-state index < -0.39 is 0 Å². The number of nitrogens with zero attached hydrogens (tertiary/aromatic N) is 1. The minimum atomic E-state index is -0.0387. The summed E-state index contributed by atoms with van der Waals surface area (Å²) in [5, 5.41) is 2.87. The predicted octanol–water partition coefficient (Wildman–Crippen LogP) is 3.00. The molecule has 1 N–H and O–H groups in total. The molecule has 0 aromatic heterocycles. The number of nitrogens with one attached hydrogen (secondary N) is 1. The molecule has 1 saturated heterocycles. The number of thioether (sulfide) groups is 1. The summed E-state index contributed by atoms with van der Waals surface area (Å²) in [5.41, 5.74) is 1.22. The first-order valence-corrected chi connectivity index (χ1v) is 8.79. The first-order valence-electron chi connectivity index (χ1n) is 7.39. The molecule has 1 aliphatic heterocycles. The number of anilines is 1. The number of carbonyl (C=O) groups is 2. The molecule has 0 aliphatic carbocycles. The molecule has 0 spiro atoms. The highest BCUT2D eigenvalue weighted by Gasteiger charge is 2.21. The number of amides is 2. The Bertz CT molecular complexity index is 499. The van der Waals surface area contributed by atoms with Crippen molar-refractivity contribution in [3.05, 3.63) is 29.8 Å². The lowest BCUT2D eigenvalue weighted by molar-refractivity contribution is -0.115. The third-order valence-electron chi connectivity index (χ3n) is 3.61. The number of hydrogen-bond acceptors (Lipinski definition) is 3. The lowest BCUT2D eigenvalue weighted by Crippen LogP contribution is -2.36. The van der Waals surface area contributed by atoms with E-state index in [4.69, 9.17) is 0 Å². The van der Waals surface area contributed by atoms with Gasteiger partial charge in [-0.1, -0.05) is 12.1 Å². The van der Waals surface area contributed by atoms with Gasteiger partial charge < -0.3 is 10.2 Å². The Hall–Kier alpha value is -1.49. The van der Waals surface area contributed by atoms with E-state index in [0.29, 0.717) is 17.7 Å². The lowest BCUT2D eigenvalue weighted by Gasteiger charge is -2.27. The van der Waals surface area contributed by atoms with Crippen LogP contribution in [0.5, 0.6) is 0 Å². The summed E-state index contributed by atoms with van der Waals surface area (Å²) in [6.45, 7) is 1.63. The van der Waals surface area contributed by atoms with E-state index >= 15 is 0 Å². The van der Waals surface area contributed by atoms with E-state index in [1.54, 1.807) is 23.9 Å². The molecule has 2 rings (SSSR count). The summed E-state index contributed by atoms with van der Waals surface area (Å²) in [6.07, 6.45) is 5.76. The molecule has 0 unspecified atom stereocenters. The number of para-hydroxylation sites is 1. The summed E-state index contributed by atoms with van der Waals surface area (Å²) in [4.78, 5) is 26.3. The molecule has 0 saturated carbocycles.